The molecular weight excluding hydrogens is 441 g/mol. The van der Waals surface area contributed by atoms with Crippen molar-refractivity contribution in [3.05, 3.63) is 108 Å². The van der Waals surface area contributed by atoms with Gasteiger partial charge in [0.25, 0.3) is 5.91 Å². The van der Waals surface area contributed by atoms with E-state index in [0.717, 1.165) is 22.9 Å². The van der Waals surface area contributed by atoms with E-state index in [-0.39, 0.29) is 24.2 Å². The number of aromatic nitrogens is 1. The second kappa shape index (κ2) is 9.74. The monoisotopic (exact) mass is 469 g/mol. The van der Waals surface area contributed by atoms with Crippen molar-refractivity contribution in [2.45, 2.75) is 25.9 Å². The number of fused-ring (bicyclic) bond motifs is 2. The number of hydrogen-bond donors (Lipinski definition) is 0. The van der Waals surface area contributed by atoms with Crippen molar-refractivity contribution >= 4 is 22.6 Å². The van der Waals surface area contributed by atoms with Crippen LogP contribution < -0.4 is 0 Å². The summed E-state index contributed by atoms with van der Waals surface area (Å²) in [6.07, 6.45) is 2.68. The normalized spacial score (nSPS) is 15.1. The number of nitrogens with zero attached hydrogens (tertiary/aromatic N) is 3. The lowest BCUT2D eigenvalue weighted by Crippen LogP contribution is -2.48. The highest BCUT2D eigenvalue weighted by Gasteiger charge is 2.34. The molecule has 0 N–H and O–H groups in total. The minimum Gasteiger partial charge on any atom is -0.348 e. The van der Waals surface area contributed by atoms with Gasteiger partial charge in [-0.05, 0) is 41.5 Å². The average molecular weight is 470 g/mol. The highest BCUT2D eigenvalue weighted by Crippen LogP contribution is 2.34. The number of amides is 2. The zero-order valence-electron chi connectivity index (χ0n) is 19.7. The molecule has 1 aliphatic rings. The Labute approximate surface area is 204 Å². The Morgan fingerprint density at radius 3 is 2.54 bits per heavy atom. The second-order valence-corrected chi connectivity index (χ2v) is 8.89. The molecule has 1 atom stereocenters. The molecule has 3 aromatic carbocycles. The van der Waals surface area contributed by atoms with Crippen LogP contribution >= 0.6 is 0 Å². The van der Waals surface area contributed by atoms with E-state index >= 15 is 0 Å². The summed E-state index contributed by atoms with van der Waals surface area (Å²) < 4.78 is 16.9. The van der Waals surface area contributed by atoms with Crippen molar-refractivity contribution in [3.8, 4) is 0 Å². The molecule has 0 unspecified atom stereocenters. The van der Waals surface area contributed by atoms with Crippen LogP contribution in [-0.2, 0) is 11.3 Å². The lowest BCUT2D eigenvalue weighted by molar-refractivity contribution is -0.134. The fourth-order valence-corrected chi connectivity index (χ4v) is 5.03. The minimum absolute atomic E-state index is 0.0540. The molecule has 0 saturated heterocycles. The first-order valence-corrected chi connectivity index (χ1v) is 12.0. The van der Waals surface area contributed by atoms with Gasteiger partial charge in [-0.2, -0.15) is 0 Å². The van der Waals surface area contributed by atoms with Gasteiger partial charge in [-0.1, -0.05) is 61.5 Å². The van der Waals surface area contributed by atoms with Crippen LogP contribution in [0.5, 0.6) is 0 Å². The van der Waals surface area contributed by atoms with E-state index < -0.39 is 6.04 Å². The largest absolute Gasteiger partial charge is 0.348 e. The summed E-state index contributed by atoms with van der Waals surface area (Å²) >= 11 is 0. The first kappa shape index (κ1) is 22.8. The Balaban J connectivity index is 1.46. The number of benzene rings is 3. The maximum atomic E-state index is 14.9. The van der Waals surface area contributed by atoms with E-state index in [1.807, 2.05) is 67.7 Å². The summed E-state index contributed by atoms with van der Waals surface area (Å²) in [7, 11) is 0. The number of carbonyl (C=O) groups is 2. The standard InChI is InChI=1S/C29H28FN3O2/c1-2-16-32(29(35)23-13-7-10-21-9-3-4-11-22(21)23)20-27(34)33-19-18-31-17-8-15-26(31)28(33)24-12-5-6-14-25(24)30/h3-15,17,28H,2,16,18-20H2,1H3/t28-/m1/s1. The van der Waals surface area contributed by atoms with E-state index in [2.05, 4.69) is 4.57 Å². The Bertz CT molecular complexity index is 1370. The van der Waals surface area contributed by atoms with Gasteiger partial charge in [-0.15, -0.1) is 0 Å². The second-order valence-electron chi connectivity index (χ2n) is 8.89. The molecule has 0 spiro atoms. The molecule has 5 rings (SSSR count). The lowest BCUT2D eigenvalue weighted by atomic mass is 9.99. The molecule has 2 heterocycles. The van der Waals surface area contributed by atoms with E-state index in [0.29, 0.717) is 30.8 Å². The summed E-state index contributed by atoms with van der Waals surface area (Å²) in [4.78, 5) is 30.7. The molecule has 0 saturated carbocycles. The zero-order valence-corrected chi connectivity index (χ0v) is 19.7. The SMILES string of the molecule is CCCN(CC(=O)N1CCn2cccc2[C@H]1c1ccccc1F)C(=O)c1cccc2ccccc12. The van der Waals surface area contributed by atoms with Crippen molar-refractivity contribution in [2.75, 3.05) is 19.6 Å². The molecule has 35 heavy (non-hydrogen) atoms. The summed E-state index contributed by atoms with van der Waals surface area (Å²) in [6, 6.07) is 23.3. The summed E-state index contributed by atoms with van der Waals surface area (Å²) in [5.74, 6) is -0.699. The molecule has 4 aromatic rings. The van der Waals surface area contributed by atoms with Crippen LogP contribution in [-0.4, -0.2) is 45.8 Å². The number of hydrogen-bond acceptors (Lipinski definition) is 2. The predicted molar refractivity (Wildman–Crippen MR) is 135 cm³/mol. The van der Waals surface area contributed by atoms with Crippen molar-refractivity contribution < 1.29 is 14.0 Å². The topological polar surface area (TPSA) is 45.6 Å². The van der Waals surface area contributed by atoms with Gasteiger partial charge in [-0.25, -0.2) is 4.39 Å². The number of rotatable bonds is 6. The van der Waals surface area contributed by atoms with Crippen LogP contribution in [0.4, 0.5) is 4.39 Å². The Morgan fingerprint density at radius 1 is 0.943 bits per heavy atom. The van der Waals surface area contributed by atoms with Crippen molar-refractivity contribution in [1.82, 2.24) is 14.4 Å². The quantitative estimate of drug-likeness (QED) is 0.387. The van der Waals surface area contributed by atoms with Crippen LogP contribution in [0, 0.1) is 5.82 Å². The van der Waals surface area contributed by atoms with Crippen LogP contribution in [0.3, 0.4) is 0 Å². The number of carbonyl (C=O) groups excluding carboxylic acids is 2. The maximum Gasteiger partial charge on any atom is 0.254 e. The van der Waals surface area contributed by atoms with Crippen molar-refractivity contribution in [2.24, 2.45) is 0 Å². The smallest absolute Gasteiger partial charge is 0.254 e. The van der Waals surface area contributed by atoms with Gasteiger partial charge in [0.15, 0.2) is 0 Å². The van der Waals surface area contributed by atoms with Gasteiger partial charge >= 0.3 is 0 Å². The molecule has 0 bridgehead atoms. The van der Waals surface area contributed by atoms with E-state index in [1.54, 1.807) is 28.0 Å². The van der Waals surface area contributed by atoms with Crippen LogP contribution in [0.2, 0.25) is 0 Å². The van der Waals surface area contributed by atoms with Gasteiger partial charge in [-0.3, -0.25) is 9.59 Å². The predicted octanol–water partition coefficient (Wildman–Crippen LogP) is 5.26. The van der Waals surface area contributed by atoms with Crippen molar-refractivity contribution in [1.29, 1.82) is 0 Å². The van der Waals surface area contributed by atoms with Gasteiger partial charge in [0.05, 0.1) is 0 Å². The molecule has 0 fully saturated rings. The highest BCUT2D eigenvalue weighted by molar-refractivity contribution is 6.07. The fourth-order valence-electron chi connectivity index (χ4n) is 5.03. The summed E-state index contributed by atoms with van der Waals surface area (Å²) in [6.45, 7) is 3.47. The third-order valence-corrected chi connectivity index (χ3v) is 6.69. The third kappa shape index (κ3) is 4.32. The summed E-state index contributed by atoms with van der Waals surface area (Å²) in [5, 5.41) is 1.85. The first-order chi connectivity index (χ1) is 17.1. The average Bonchev–Trinajstić information content (AvgIpc) is 3.36. The minimum atomic E-state index is -0.538. The first-order valence-electron chi connectivity index (χ1n) is 12.0. The van der Waals surface area contributed by atoms with Crippen molar-refractivity contribution in [3.63, 3.8) is 0 Å². The molecular formula is C29H28FN3O2. The molecule has 1 aliphatic heterocycles. The molecule has 1 aromatic heterocycles. The van der Waals surface area contributed by atoms with Crippen LogP contribution in [0.25, 0.3) is 10.8 Å². The Morgan fingerprint density at radius 2 is 1.71 bits per heavy atom. The third-order valence-electron chi connectivity index (χ3n) is 6.69. The number of halogens is 1. The summed E-state index contributed by atoms with van der Waals surface area (Å²) in [5.41, 5.74) is 1.92. The van der Waals surface area contributed by atoms with Crippen LogP contribution in [0.1, 0.15) is 41.0 Å². The Hall–Kier alpha value is -3.93. The molecule has 0 aliphatic carbocycles. The maximum absolute atomic E-state index is 14.9. The van der Waals surface area contributed by atoms with Gasteiger partial charge < -0.3 is 14.4 Å². The van der Waals surface area contributed by atoms with Gasteiger partial charge in [0.1, 0.15) is 18.4 Å². The molecule has 6 heteroatoms. The highest BCUT2D eigenvalue weighted by atomic mass is 19.1. The molecule has 178 valence electrons. The van der Waals surface area contributed by atoms with Gasteiger partial charge in [0.2, 0.25) is 5.91 Å². The van der Waals surface area contributed by atoms with E-state index in [1.165, 1.54) is 6.07 Å². The zero-order chi connectivity index (χ0) is 24.4. The lowest BCUT2D eigenvalue weighted by Gasteiger charge is -2.38. The van der Waals surface area contributed by atoms with Gasteiger partial charge in [0, 0.05) is 42.7 Å². The van der Waals surface area contributed by atoms with Crippen LogP contribution in [0.15, 0.2) is 85.1 Å². The molecule has 5 nitrogen and oxygen atoms in total. The molecule has 0 radical (unpaired) electrons. The molecule has 2 amide bonds. The van der Waals surface area contributed by atoms with E-state index in [9.17, 15) is 14.0 Å². The Kier molecular flexibility index (Phi) is 6.36. The fraction of sp³-hybridized carbons (Fsp3) is 0.241. The van der Waals surface area contributed by atoms with E-state index in [4.69, 9.17) is 0 Å².